The first kappa shape index (κ1) is 22.7. The summed E-state index contributed by atoms with van der Waals surface area (Å²) in [4.78, 5) is 8.62. The molecule has 1 unspecified atom stereocenters. The topological polar surface area (TPSA) is 67.1 Å². The Morgan fingerprint density at radius 3 is 2.93 bits per heavy atom. The normalized spacial score (nSPS) is 12.3. The molecule has 9 heteroatoms. The molecular formula is C19H25IN6S2. The van der Waals surface area contributed by atoms with Gasteiger partial charge in [-0.05, 0) is 37.1 Å². The molecule has 0 aliphatic heterocycles. The molecule has 0 amide bonds. The summed E-state index contributed by atoms with van der Waals surface area (Å²) in [6.45, 7) is 3.01. The number of thioether (sulfide) groups is 1. The van der Waals surface area contributed by atoms with Crippen molar-refractivity contribution in [2.45, 2.75) is 23.7 Å². The quantitative estimate of drug-likeness (QED) is 0.150. The number of hydrogen-bond acceptors (Lipinski definition) is 5. The average Bonchev–Trinajstić information content (AvgIpc) is 3.41. The van der Waals surface area contributed by atoms with E-state index in [9.17, 15) is 0 Å². The number of halogens is 1. The van der Waals surface area contributed by atoms with Crippen molar-refractivity contribution in [2.75, 3.05) is 19.3 Å². The monoisotopic (exact) mass is 528 g/mol. The third kappa shape index (κ3) is 6.78. The van der Waals surface area contributed by atoms with Crippen LogP contribution >= 0.6 is 47.1 Å². The van der Waals surface area contributed by atoms with Gasteiger partial charge in [0.2, 0.25) is 0 Å². The molecule has 0 aliphatic rings. The zero-order valence-electron chi connectivity index (χ0n) is 15.9. The molecule has 6 nitrogen and oxygen atoms in total. The third-order valence-corrected chi connectivity index (χ3v) is 6.02. The van der Waals surface area contributed by atoms with Crippen LogP contribution in [0.15, 0.2) is 63.6 Å². The first-order valence-corrected chi connectivity index (χ1v) is 10.7. The van der Waals surface area contributed by atoms with E-state index < -0.39 is 0 Å². The van der Waals surface area contributed by atoms with Crippen LogP contribution in [-0.4, -0.2) is 40.1 Å². The molecule has 0 aliphatic carbocycles. The Kier molecular flexibility index (Phi) is 9.79. The molecule has 0 spiro atoms. The maximum atomic E-state index is 4.33. The van der Waals surface area contributed by atoms with Crippen molar-refractivity contribution in [3.8, 4) is 5.69 Å². The first-order valence-electron chi connectivity index (χ1n) is 8.85. The number of nitrogens with zero attached hydrogens (tertiary/aromatic N) is 4. The van der Waals surface area contributed by atoms with E-state index in [1.54, 1.807) is 36.3 Å². The molecule has 1 atom stereocenters. The van der Waals surface area contributed by atoms with Crippen LogP contribution in [0.1, 0.15) is 24.9 Å². The Hall–Kier alpha value is -1.59. The van der Waals surface area contributed by atoms with Crippen LogP contribution in [0.25, 0.3) is 5.69 Å². The van der Waals surface area contributed by atoms with E-state index in [1.807, 2.05) is 28.5 Å². The van der Waals surface area contributed by atoms with E-state index in [2.05, 4.69) is 56.9 Å². The lowest BCUT2D eigenvalue weighted by Crippen LogP contribution is -2.39. The van der Waals surface area contributed by atoms with Gasteiger partial charge >= 0.3 is 0 Å². The van der Waals surface area contributed by atoms with Gasteiger partial charge in [0.1, 0.15) is 4.34 Å². The van der Waals surface area contributed by atoms with Crippen molar-refractivity contribution in [3.63, 3.8) is 0 Å². The predicted molar refractivity (Wildman–Crippen MR) is 129 cm³/mol. The molecule has 150 valence electrons. The highest BCUT2D eigenvalue weighted by Crippen LogP contribution is 2.20. The molecule has 3 aromatic rings. The number of rotatable bonds is 8. The summed E-state index contributed by atoms with van der Waals surface area (Å²) in [5, 5.41) is 13.1. The molecule has 2 aromatic heterocycles. The standard InChI is InChI=1S/C19H24N6S2.HI/c1-15(16-6-3-7-17(14-16)25-11-4-9-23-25)24-18(20-2)21-8-5-12-26-19-22-10-13-27-19;/h3-4,6-7,9-11,13-15H,5,8,12H2,1-2H3,(H2,20,21,24);1H. The van der Waals surface area contributed by atoms with Gasteiger partial charge in [-0.25, -0.2) is 9.67 Å². The molecule has 0 radical (unpaired) electrons. The summed E-state index contributed by atoms with van der Waals surface area (Å²) in [5.74, 6) is 1.85. The smallest absolute Gasteiger partial charge is 0.191 e. The van der Waals surface area contributed by atoms with Gasteiger partial charge in [0, 0.05) is 43.3 Å². The molecule has 2 N–H and O–H groups in total. The van der Waals surface area contributed by atoms with E-state index in [-0.39, 0.29) is 30.0 Å². The van der Waals surface area contributed by atoms with Gasteiger partial charge in [0.25, 0.3) is 0 Å². The van der Waals surface area contributed by atoms with Gasteiger partial charge in [-0.1, -0.05) is 23.9 Å². The Balaban J connectivity index is 0.00000280. The van der Waals surface area contributed by atoms with Crippen molar-refractivity contribution in [3.05, 3.63) is 59.9 Å². The number of hydrogen-bond donors (Lipinski definition) is 2. The molecule has 1 aromatic carbocycles. The summed E-state index contributed by atoms with van der Waals surface area (Å²) in [5.41, 5.74) is 2.23. The summed E-state index contributed by atoms with van der Waals surface area (Å²) >= 11 is 3.48. The van der Waals surface area contributed by atoms with Crippen LogP contribution in [0.2, 0.25) is 0 Å². The highest BCUT2D eigenvalue weighted by molar-refractivity contribution is 14.0. The predicted octanol–water partition coefficient (Wildman–Crippen LogP) is 4.36. The van der Waals surface area contributed by atoms with Crippen molar-refractivity contribution in [2.24, 2.45) is 4.99 Å². The molecule has 0 bridgehead atoms. The van der Waals surface area contributed by atoms with Gasteiger partial charge < -0.3 is 10.6 Å². The number of benzene rings is 1. The average molecular weight is 528 g/mol. The summed E-state index contributed by atoms with van der Waals surface area (Å²) in [7, 11) is 1.80. The lowest BCUT2D eigenvalue weighted by Gasteiger charge is -2.19. The van der Waals surface area contributed by atoms with Crippen LogP contribution in [0.5, 0.6) is 0 Å². The van der Waals surface area contributed by atoms with Crippen LogP contribution < -0.4 is 10.6 Å². The lowest BCUT2D eigenvalue weighted by molar-refractivity contribution is 0.681. The molecule has 2 heterocycles. The van der Waals surface area contributed by atoms with Gasteiger partial charge in [-0.3, -0.25) is 4.99 Å². The van der Waals surface area contributed by atoms with Crippen molar-refractivity contribution in [1.29, 1.82) is 0 Å². The van der Waals surface area contributed by atoms with E-state index >= 15 is 0 Å². The van der Waals surface area contributed by atoms with E-state index in [4.69, 9.17) is 0 Å². The first-order chi connectivity index (χ1) is 13.3. The zero-order valence-corrected chi connectivity index (χ0v) is 19.9. The van der Waals surface area contributed by atoms with Crippen molar-refractivity contribution >= 4 is 53.0 Å². The summed E-state index contributed by atoms with van der Waals surface area (Å²) in [6.07, 6.45) is 6.63. The number of thiazole rings is 1. The van der Waals surface area contributed by atoms with Gasteiger partial charge in [-0.2, -0.15) is 5.10 Å². The zero-order chi connectivity index (χ0) is 18.9. The number of aliphatic imine (C=N–C) groups is 1. The number of guanidine groups is 1. The van der Waals surface area contributed by atoms with E-state index in [0.717, 1.165) is 34.7 Å². The van der Waals surface area contributed by atoms with Gasteiger partial charge in [-0.15, -0.1) is 35.3 Å². The maximum Gasteiger partial charge on any atom is 0.191 e. The molecule has 0 fully saturated rings. The highest BCUT2D eigenvalue weighted by Gasteiger charge is 2.09. The van der Waals surface area contributed by atoms with Gasteiger partial charge in [0.15, 0.2) is 5.96 Å². The minimum Gasteiger partial charge on any atom is -0.356 e. The second kappa shape index (κ2) is 12.1. The Labute approximate surface area is 191 Å². The molecule has 0 saturated carbocycles. The number of aromatic nitrogens is 3. The minimum atomic E-state index is 0. The molecule has 28 heavy (non-hydrogen) atoms. The van der Waals surface area contributed by atoms with Crippen LogP contribution in [0.4, 0.5) is 0 Å². The van der Waals surface area contributed by atoms with Crippen molar-refractivity contribution in [1.82, 2.24) is 25.4 Å². The Bertz CT molecular complexity index is 836. The molecule has 0 saturated heterocycles. The Morgan fingerprint density at radius 1 is 1.32 bits per heavy atom. The Morgan fingerprint density at radius 2 is 2.21 bits per heavy atom. The number of nitrogens with one attached hydrogen (secondary N) is 2. The van der Waals surface area contributed by atoms with E-state index in [1.165, 1.54) is 5.56 Å². The van der Waals surface area contributed by atoms with Gasteiger partial charge in [0.05, 0.1) is 11.7 Å². The summed E-state index contributed by atoms with van der Waals surface area (Å²) in [6, 6.07) is 10.4. The molecule has 3 rings (SSSR count). The fourth-order valence-electron chi connectivity index (χ4n) is 2.56. The second-order valence-electron chi connectivity index (χ2n) is 5.91. The van der Waals surface area contributed by atoms with Crippen LogP contribution in [-0.2, 0) is 0 Å². The largest absolute Gasteiger partial charge is 0.356 e. The SMILES string of the molecule is CN=C(NCCCSc1nccs1)NC(C)c1cccc(-n2cccn2)c1.I. The van der Waals surface area contributed by atoms with Crippen LogP contribution in [0, 0.1) is 0 Å². The van der Waals surface area contributed by atoms with E-state index in [0.29, 0.717) is 0 Å². The van der Waals surface area contributed by atoms with Crippen molar-refractivity contribution < 1.29 is 0 Å². The third-order valence-electron chi connectivity index (χ3n) is 3.96. The highest BCUT2D eigenvalue weighted by atomic mass is 127. The molecular weight excluding hydrogens is 503 g/mol. The minimum absolute atomic E-state index is 0. The summed E-state index contributed by atoms with van der Waals surface area (Å²) < 4.78 is 2.99. The maximum absolute atomic E-state index is 4.33. The lowest BCUT2D eigenvalue weighted by atomic mass is 10.1. The second-order valence-corrected chi connectivity index (χ2v) is 8.15. The fraction of sp³-hybridized carbons (Fsp3) is 0.316. The fourth-order valence-corrected chi connectivity index (χ4v) is 4.21. The van der Waals surface area contributed by atoms with Crippen LogP contribution in [0.3, 0.4) is 0 Å².